The zero-order chi connectivity index (χ0) is 15.2. The van der Waals surface area contributed by atoms with Crippen LogP contribution in [0.5, 0.6) is 0 Å². The molecule has 0 aromatic rings. The molecular formula is C17H32N4O. The molecule has 5 nitrogen and oxygen atoms in total. The van der Waals surface area contributed by atoms with Crippen LogP contribution in [0.3, 0.4) is 0 Å². The molecule has 0 aromatic carbocycles. The second-order valence-corrected chi connectivity index (χ2v) is 7.20. The third-order valence-corrected chi connectivity index (χ3v) is 5.45. The average molecular weight is 308 g/mol. The Balaban J connectivity index is 1.33. The highest BCUT2D eigenvalue weighted by atomic mass is 16.2. The molecule has 3 aliphatic heterocycles. The number of piperidine rings is 1. The molecule has 1 atom stereocenters. The molecule has 0 saturated carbocycles. The van der Waals surface area contributed by atoms with Crippen molar-refractivity contribution in [2.75, 3.05) is 65.4 Å². The lowest BCUT2D eigenvalue weighted by Crippen LogP contribution is -2.47. The van der Waals surface area contributed by atoms with E-state index in [1.165, 1.54) is 58.4 Å². The minimum atomic E-state index is 0.348. The number of amides is 1. The lowest BCUT2D eigenvalue weighted by atomic mass is 10.1. The van der Waals surface area contributed by atoms with Gasteiger partial charge in [-0.05, 0) is 44.8 Å². The van der Waals surface area contributed by atoms with Gasteiger partial charge < -0.3 is 20.0 Å². The molecule has 3 aliphatic rings. The molecule has 22 heavy (non-hydrogen) atoms. The van der Waals surface area contributed by atoms with Gasteiger partial charge in [-0.15, -0.1) is 0 Å². The Morgan fingerprint density at radius 1 is 0.955 bits per heavy atom. The number of carbonyl (C=O) groups excluding carboxylic acids is 1. The number of nitrogens with one attached hydrogen (secondary N) is 1. The summed E-state index contributed by atoms with van der Waals surface area (Å²) in [5.74, 6) is 1.17. The fraction of sp³-hybridized carbons (Fsp3) is 0.941. The maximum Gasteiger partial charge on any atom is 0.223 e. The standard InChI is InChI=1S/C17H32N4O/c22-17(21-12-6-18-7-13-21)5-11-20-10-4-16(15-20)14-19-8-2-1-3-9-19/h16,18H,1-15H2. The number of rotatable bonds is 5. The number of nitrogens with zero attached hydrogens (tertiary/aromatic N) is 3. The molecule has 3 fully saturated rings. The second-order valence-electron chi connectivity index (χ2n) is 7.20. The van der Waals surface area contributed by atoms with Crippen LogP contribution < -0.4 is 5.32 Å². The normalized spacial score (nSPS) is 28.2. The SMILES string of the molecule is O=C(CCN1CCC(CN2CCCCC2)C1)N1CCNCC1. The van der Waals surface area contributed by atoms with Crippen LogP contribution in [0.25, 0.3) is 0 Å². The third-order valence-electron chi connectivity index (χ3n) is 5.45. The zero-order valence-electron chi connectivity index (χ0n) is 13.9. The van der Waals surface area contributed by atoms with Crippen molar-refractivity contribution in [3.63, 3.8) is 0 Å². The first-order valence-corrected chi connectivity index (χ1v) is 9.24. The van der Waals surface area contributed by atoms with Gasteiger partial charge in [-0.3, -0.25) is 4.79 Å². The summed E-state index contributed by atoms with van der Waals surface area (Å²) in [5, 5.41) is 3.30. The first kappa shape index (κ1) is 16.2. The number of piperazine rings is 1. The van der Waals surface area contributed by atoms with Gasteiger partial charge in [-0.2, -0.15) is 0 Å². The van der Waals surface area contributed by atoms with Crippen molar-refractivity contribution in [3.8, 4) is 0 Å². The first-order valence-electron chi connectivity index (χ1n) is 9.24. The molecule has 3 saturated heterocycles. The van der Waals surface area contributed by atoms with Crippen LogP contribution in [0.15, 0.2) is 0 Å². The Hall–Kier alpha value is -0.650. The Morgan fingerprint density at radius 3 is 2.50 bits per heavy atom. The van der Waals surface area contributed by atoms with Crippen molar-refractivity contribution in [2.45, 2.75) is 32.1 Å². The number of likely N-dealkylation sites (tertiary alicyclic amines) is 2. The maximum atomic E-state index is 12.2. The number of hydrogen-bond acceptors (Lipinski definition) is 4. The van der Waals surface area contributed by atoms with Gasteiger partial charge in [-0.25, -0.2) is 0 Å². The molecule has 0 aliphatic carbocycles. The molecule has 1 N–H and O–H groups in total. The van der Waals surface area contributed by atoms with E-state index in [-0.39, 0.29) is 0 Å². The Kier molecular flexibility index (Phi) is 6.10. The summed E-state index contributed by atoms with van der Waals surface area (Å²) in [6.45, 7) is 10.9. The molecular weight excluding hydrogens is 276 g/mol. The highest BCUT2D eigenvalue weighted by Gasteiger charge is 2.26. The van der Waals surface area contributed by atoms with Crippen LogP contribution in [-0.2, 0) is 4.79 Å². The number of hydrogen-bond donors (Lipinski definition) is 1. The van der Waals surface area contributed by atoms with Crippen molar-refractivity contribution in [1.29, 1.82) is 0 Å². The smallest absolute Gasteiger partial charge is 0.223 e. The summed E-state index contributed by atoms with van der Waals surface area (Å²) in [4.78, 5) is 19.4. The molecule has 126 valence electrons. The summed E-state index contributed by atoms with van der Waals surface area (Å²) < 4.78 is 0. The first-order chi connectivity index (χ1) is 10.8. The van der Waals surface area contributed by atoms with Crippen molar-refractivity contribution in [1.82, 2.24) is 20.0 Å². The molecule has 3 rings (SSSR count). The van der Waals surface area contributed by atoms with Crippen molar-refractivity contribution in [3.05, 3.63) is 0 Å². The average Bonchev–Trinajstić information content (AvgIpc) is 3.02. The topological polar surface area (TPSA) is 38.8 Å². The molecule has 3 heterocycles. The van der Waals surface area contributed by atoms with Crippen LogP contribution in [0, 0.1) is 5.92 Å². The predicted octanol–water partition coefficient (Wildman–Crippen LogP) is 0.616. The van der Waals surface area contributed by atoms with E-state index in [4.69, 9.17) is 0 Å². The second kappa shape index (κ2) is 8.27. The fourth-order valence-corrected chi connectivity index (χ4v) is 4.10. The van der Waals surface area contributed by atoms with Gasteiger partial charge in [0.15, 0.2) is 0 Å². The van der Waals surface area contributed by atoms with Gasteiger partial charge in [0.25, 0.3) is 0 Å². The molecule has 1 amide bonds. The zero-order valence-corrected chi connectivity index (χ0v) is 13.9. The van der Waals surface area contributed by atoms with Crippen LogP contribution in [0.4, 0.5) is 0 Å². The van der Waals surface area contributed by atoms with Crippen molar-refractivity contribution >= 4 is 5.91 Å². The van der Waals surface area contributed by atoms with Gasteiger partial charge in [0.2, 0.25) is 5.91 Å². The molecule has 1 unspecified atom stereocenters. The summed E-state index contributed by atoms with van der Waals surface area (Å²) in [6, 6.07) is 0. The maximum absolute atomic E-state index is 12.2. The van der Waals surface area contributed by atoms with E-state index in [0.717, 1.165) is 38.6 Å². The molecule has 0 aromatic heterocycles. The number of carbonyl (C=O) groups is 1. The molecule has 0 spiro atoms. The van der Waals surface area contributed by atoms with E-state index in [1.54, 1.807) is 0 Å². The fourth-order valence-electron chi connectivity index (χ4n) is 4.10. The van der Waals surface area contributed by atoms with E-state index >= 15 is 0 Å². The highest BCUT2D eigenvalue weighted by molar-refractivity contribution is 5.76. The monoisotopic (exact) mass is 308 g/mol. The Bertz CT molecular complexity index is 351. The van der Waals surface area contributed by atoms with Gasteiger partial charge in [0.1, 0.15) is 0 Å². The molecule has 0 radical (unpaired) electrons. The van der Waals surface area contributed by atoms with Crippen molar-refractivity contribution in [2.24, 2.45) is 5.92 Å². The van der Waals surface area contributed by atoms with Gasteiger partial charge in [0, 0.05) is 52.2 Å². The van der Waals surface area contributed by atoms with Crippen LogP contribution in [-0.4, -0.2) is 86.1 Å². The summed E-state index contributed by atoms with van der Waals surface area (Å²) in [6.07, 6.45) is 6.21. The van der Waals surface area contributed by atoms with Crippen LogP contribution in [0.2, 0.25) is 0 Å². The van der Waals surface area contributed by atoms with Crippen molar-refractivity contribution < 1.29 is 4.79 Å². The molecule has 5 heteroatoms. The lowest BCUT2D eigenvalue weighted by Gasteiger charge is -2.29. The summed E-state index contributed by atoms with van der Waals surface area (Å²) in [7, 11) is 0. The quantitative estimate of drug-likeness (QED) is 0.808. The van der Waals surface area contributed by atoms with Gasteiger partial charge in [-0.1, -0.05) is 6.42 Å². The minimum Gasteiger partial charge on any atom is -0.340 e. The molecule has 0 bridgehead atoms. The Labute approximate surface area is 135 Å². The highest BCUT2D eigenvalue weighted by Crippen LogP contribution is 2.20. The van der Waals surface area contributed by atoms with Gasteiger partial charge in [0.05, 0.1) is 0 Å². The predicted molar refractivity (Wildman–Crippen MR) is 88.9 cm³/mol. The minimum absolute atomic E-state index is 0.348. The van der Waals surface area contributed by atoms with Gasteiger partial charge >= 0.3 is 0 Å². The largest absolute Gasteiger partial charge is 0.340 e. The lowest BCUT2D eigenvalue weighted by molar-refractivity contribution is -0.132. The van der Waals surface area contributed by atoms with Crippen LogP contribution in [0.1, 0.15) is 32.1 Å². The van der Waals surface area contributed by atoms with E-state index in [9.17, 15) is 4.79 Å². The van der Waals surface area contributed by atoms with E-state index in [1.807, 2.05) is 4.90 Å². The van der Waals surface area contributed by atoms with E-state index in [2.05, 4.69) is 15.1 Å². The third kappa shape index (κ3) is 4.67. The summed E-state index contributed by atoms with van der Waals surface area (Å²) in [5.41, 5.74) is 0. The van der Waals surface area contributed by atoms with E-state index < -0.39 is 0 Å². The Morgan fingerprint density at radius 2 is 1.73 bits per heavy atom. The van der Waals surface area contributed by atoms with Crippen LogP contribution >= 0.6 is 0 Å². The van der Waals surface area contributed by atoms with E-state index in [0.29, 0.717) is 12.3 Å². The summed E-state index contributed by atoms with van der Waals surface area (Å²) >= 11 is 0.